The van der Waals surface area contributed by atoms with Crippen molar-refractivity contribution in [2.45, 2.75) is 124 Å². The van der Waals surface area contributed by atoms with E-state index in [0.717, 1.165) is 38.0 Å². The molecule has 7 atom stereocenters. The van der Waals surface area contributed by atoms with E-state index >= 15 is 0 Å². The van der Waals surface area contributed by atoms with Gasteiger partial charge in [0, 0.05) is 26.2 Å². The quantitative estimate of drug-likeness (QED) is 0.356. The van der Waals surface area contributed by atoms with Crippen LogP contribution in [-0.4, -0.2) is 28.6 Å². The number of aliphatic hydroxyl groups is 1. The third kappa shape index (κ3) is 5.57. The van der Waals surface area contributed by atoms with Gasteiger partial charge in [-0.2, -0.15) is 0 Å². The zero-order valence-corrected chi connectivity index (χ0v) is 22.0. The number of rotatable bonds is 6. The molecule has 188 valence electrons. The van der Waals surface area contributed by atoms with E-state index < -0.39 is 5.60 Å². The Balaban J connectivity index is 1.81. The lowest BCUT2D eigenvalue weighted by molar-refractivity contribution is -0.162. The van der Waals surface area contributed by atoms with Gasteiger partial charge in [-0.15, -0.1) is 0 Å². The van der Waals surface area contributed by atoms with E-state index in [1.165, 1.54) is 31.8 Å². The smallest absolute Gasteiger partial charge is 0.302 e. The third-order valence-corrected chi connectivity index (χ3v) is 9.66. The van der Waals surface area contributed by atoms with Crippen LogP contribution in [0.3, 0.4) is 0 Å². The van der Waals surface area contributed by atoms with E-state index in [4.69, 9.17) is 4.74 Å². The van der Waals surface area contributed by atoms with Gasteiger partial charge in [-0.3, -0.25) is 9.59 Å². The van der Waals surface area contributed by atoms with Crippen LogP contribution in [0.15, 0.2) is 11.6 Å². The molecule has 4 heteroatoms. The Morgan fingerprint density at radius 1 is 1.18 bits per heavy atom. The standard InChI is InChI=1S/C29H48O4/c1-19(2)8-7-9-21(4)26-15-17-29(32)27-13-11-23(31)18-24(33-22(5)30)12-10-20(3)25(27)14-16-28(26,29)6/h10,19,21,24-27,32H,7-9,11-18H2,1-6H3/b20-10-/t21-,24+,25-,26-,27-,28-,29-/m1/s1. The summed E-state index contributed by atoms with van der Waals surface area (Å²) in [4.78, 5) is 24.3. The van der Waals surface area contributed by atoms with Crippen molar-refractivity contribution in [2.24, 2.45) is 35.0 Å². The molecular weight excluding hydrogens is 412 g/mol. The highest BCUT2D eigenvalue weighted by Gasteiger charge is 2.63. The van der Waals surface area contributed by atoms with Gasteiger partial charge in [0.05, 0.1) is 5.60 Å². The molecule has 0 bridgehead atoms. The zero-order chi connectivity index (χ0) is 24.4. The molecule has 0 aromatic rings. The molecule has 0 heterocycles. The molecule has 0 spiro atoms. The lowest BCUT2D eigenvalue weighted by atomic mass is 9.52. The molecule has 4 nitrogen and oxygen atoms in total. The summed E-state index contributed by atoms with van der Waals surface area (Å²) in [5.41, 5.74) is 0.533. The maximum atomic E-state index is 12.8. The van der Waals surface area contributed by atoms with Gasteiger partial charge in [-0.1, -0.05) is 58.6 Å². The van der Waals surface area contributed by atoms with Crippen LogP contribution in [0.25, 0.3) is 0 Å². The van der Waals surface area contributed by atoms with Gasteiger partial charge in [0.25, 0.3) is 0 Å². The number of carbonyl (C=O) groups is 2. The summed E-state index contributed by atoms with van der Waals surface area (Å²) in [7, 11) is 0. The van der Waals surface area contributed by atoms with Gasteiger partial charge < -0.3 is 9.84 Å². The molecule has 0 aliphatic heterocycles. The monoisotopic (exact) mass is 460 g/mol. The zero-order valence-electron chi connectivity index (χ0n) is 22.0. The molecule has 3 aliphatic rings. The van der Waals surface area contributed by atoms with E-state index in [-0.39, 0.29) is 35.6 Å². The van der Waals surface area contributed by atoms with Crippen LogP contribution in [0.5, 0.6) is 0 Å². The van der Waals surface area contributed by atoms with Crippen molar-refractivity contribution in [1.29, 1.82) is 0 Å². The first kappa shape index (κ1) is 26.4. The molecule has 0 aromatic carbocycles. The Morgan fingerprint density at radius 3 is 2.58 bits per heavy atom. The summed E-state index contributed by atoms with van der Waals surface area (Å²) >= 11 is 0. The third-order valence-electron chi connectivity index (χ3n) is 9.66. The summed E-state index contributed by atoms with van der Waals surface area (Å²) < 4.78 is 5.42. The number of Topliss-reactive ketones (excluding diaryl/α,β-unsaturated/α-hetero) is 1. The fourth-order valence-electron chi connectivity index (χ4n) is 7.80. The molecule has 33 heavy (non-hydrogen) atoms. The topological polar surface area (TPSA) is 63.6 Å². The Labute approximate surface area is 201 Å². The Hall–Kier alpha value is -1.16. The van der Waals surface area contributed by atoms with Crippen molar-refractivity contribution in [2.75, 3.05) is 0 Å². The van der Waals surface area contributed by atoms with Gasteiger partial charge >= 0.3 is 5.97 Å². The van der Waals surface area contributed by atoms with Crippen LogP contribution in [0.4, 0.5) is 0 Å². The van der Waals surface area contributed by atoms with Gasteiger partial charge in [-0.05, 0) is 74.0 Å². The molecule has 1 N–H and O–H groups in total. The number of esters is 1. The Kier molecular flexibility index (Phi) is 8.51. The number of ether oxygens (including phenoxy) is 1. The van der Waals surface area contributed by atoms with Gasteiger partial charge in [0.15, 0.2) is 0 Å². The Morgan fingerprint density at radius 2 is 1.91 bits per heavy atom. The molecule has 0 unspecified atom stereocenters. The van der Waals surface area contributed by atoms with Crippen LogP contribution in [-0.2, 0) is 14.3 Å². The first-order valence-corrected chi connectivity index (χ1v) is 13.6. The molecule has 2 fully saturated rings. The van der Waals surface area contributed by atoms with Crippen LogP contribution < -0.4 is 0 Å². The number of hydrogen-bond donors (Lipinski definition) is 1. The molecule has 3 aliphatic carbocycles. The van der Waals surface area contributed by atoms with E-state index in [2.05, 4.69) is 40.7 Å². The summed E-state index contributed by atoms with van der Waals surface area (Å²) in [6.07, 6.45) is 11.8. The highest BCUT2D eigenvalue weighted by molar-refractivity contribution is 5.79. The van der Waals surface area contributed by atoms with Gasteiger partial charge in [0.2, 0.25) is 0 Å². The number of ketones is 1. The second kappa shape index (κ2) is 10.6. The van der Waals surface area contributed by atoms with Crippen molar-refractivity contribution in [3.05, 3.63) is 11.6 Å². The molecule has 0 radical (unpaired) electrons. The SMILES string of the molecule is CC(=O)O[C@H]1C/C=C(/C)[C@H]2CC[C@]3(C)[C@@H]([C@H](C)CCCC(C)C)CC[C@@]3(O)[C@@H]2CCC(=O)C1. The molecule has 2 saturated carbocycles. The highest BCUT2D eigenvalue weighted by atomic mass is 16.5. The lowest BCUT2D eigenvalue weighted by Gasteiger charge is -2.56. The summed E-state index contributed by atoms with van der Waals surface area (Å²) in [6, 6.07) is 0. The normalized spacial score (nSPS) is 39.9. The van der Waals surface area contributed by atoms with E-state index in [1.54, 1.807) is 0 Å². The molecule has 0 saturated heterocycles. The summed E-state index contributed by atoms with van der Waals surface area (Å²) in [6.45, 7) is 13.0. The lowest BCUT2D eigenvalue weighted by Crippen LogP contribution is -2.57. The number of allylic oxidation sites excluding steroid dienone is 1. The number of carbonyl (C=O) groups excluding carboxylic acids is 2. The Bertz CT molecular complexity index is 740. The number of hydrogen-bond acceptors (Lipinski definition) is 4. The fourth-order valence-corrected chi connectivity index (χ4v) is 7.80. The van der Waals surface area contributed by atoms with Gasteiger partial charge in [-0.25, -0.2) is 0 Å². The van der Waals surface area contributed by atoms with Gasteiger partial charge in [0.1, 0.15) is 11.9 Å². The first-order chi connectivity index (χ1) is 15.5. The van der Waals surface area contributed by atoms with Crippen LogP contribution in [0, 0.1) is 35.0 Å². The minimum Gasteiger partial charge on any atom is -0.462 e. The summed E-state index contributed by atoms with van der Waals surface area (Å²) in [5.74, 6) is 2.20. The molecule has 3 rings (SSSR count). The van der Waals surface area contributed by atoms with Crippen molar-refractivity contribution < 1.29 is 19.4 Å². The average Bonchev–Trinajstić information content (AvgIpc) is 3.00. The van der Waals surface area contributed by atoms with Crippen LogP contribution in [0.1, 0.15) is 112 Å². The van der Waals surface area contributed by atoms with E-state index in [0.29, 0.717) is 30.6 Å². The summed E-state index contributed by atoms with van der Waals surface area (Å²) in [5, 5.41) is 12.3. The largest absolute Gasteiger partial charge is 0.462 e. The maximum absolute atomic E-state index is 12.8. The van der Waals surface area contributed by atoms with Crippen LogP contribution >= 0.6 is 0 Å². The predicted molar refractivity (Wildman–Crippen MR) is 133 cm³/mol. The minimum absolute atomic E-state index is 0.0703. The molecular formula is C29H48O4. The van der Waals surface area contributed by atoms with Crippen LogP contribution in [0.2, 0.25) is 0 Å². The molecule has 0 aromatic heterocycles. The second-order valence-corrected chi connectivity index (χ2v) is 12.2. The van der Waals surface area contributed by atoms with E-state index in [1.807, 2.05) is 0 Å². The van der Waals surface area contributed by atoms with E-state index in [9.17, 15) is 14.7 Å². The van der Waals surface area contributed by atoms with Crippen molar-refractivity contribution >= 4 is 11.8 Å². The minimum atomic E-state index is -0.698. The second-order valence-electron chi connectivity index (χ2n) is 12.2. The first-order valence-electron chi connectivity index (χ1n) is 13.6. The highest BCUT2D eigenvalue weighted by Crippen LogP contribution is 2.65. The fraction of sp³-hybridized carbons (Fsp3) is 0.862. The number of fused-ring (bicyclic) bond motifs is 3. The average molecular weight is 461 g/mol. The van der Waals surface area contributed by atoms with Crippen molar-refractivity contribution in [3.63, 3.8) is 0 Å². The van der Waals surface area contributed by atoms with Crippen molar-refractivity contribution in [3.8, 4) is 0 Å². The van der Waals surface area contributed by atoms with Crippen molar-refractivity contribution in [1.82, 2.24) is 0 Å². The molecule has 0 amide bonds. The predicted octanol–water partition coefficient (Wildman–Crippen LogP) is 6.64. The maximum Gasteiger partial charge on any atom is 0.302 e.